The molecule has 1 aromatic carbocycles. The summed E-state index contributed by atoms with van der Waals surface area (Å²) >= 11 is 0. The molecule has 0 spiro atoms. The van der Waals surface area contributed by atoms with Gasteiger partial charge < -0.3 is 21.9 Å². The SMILES string of the molecule is CCC[NH+]1C=Cc2ccccc2C1C.[Br-]. The minimum Gasteiger partial charge on any atom is -1.00 e. The largest absolute Gasteiger partial charge is 1.00 e. The molecule has 0 amide bonds. The van der Waals surface area contributed by atoms with Gasteiger partial charge in [-0.15, -0.1) is 0 Å². The Balaban J connectivity index is 0.00000112. The Kier molecular flexibility index (Phi) is 4.55. The molecule has 82 valence electrons. The number of halogens is 1. The first kappa shape index (κ1) is 12.5. The zero-order valence-corrected chi connectivity index (χ0v) is 10.9. The third-order valence-corrected chi connectivity index (χ3v) is 3.03. The van der Waals surface area contributed by atoms with Crippen molar-refractivity contribution in [2.75, 3.05) is 6.54 Å². The first-order valence-electron chi connectivity index (χ1n) is 5.45. The normalized spacial score (nSPS) is 23.1. The molecule has 15 heavy (non-hydrogen) atoms. The Bertz CT molecular complexity index is 346. The van der Waals surface area contributed by atoms with E-state index in [0.29, 0.717) is 6.04 Å². The summed E-state index contributed by atoms with van der Waals surface area (Å²) in [4.78, 5) is 1.58. The van der Waals surface area contributed by atoms with Gasteiger partial charge >= 0.3 is 0 Å². The quantitative estimate of drug-likeness (QED) is 0.704. The van der Waals surface area contributed by atoms with Crippen LogP contribution in [0.4, 0.5) is 0 Å². The third-order valence-electron chi connectivity index (χ3n) is 3.03. The van der Waals surface area contributed by atoms with Crippen molar-refractivity contribution in [3.63, 3.8) is 0 Å². The fourth-order valence-corrected chi connectivity index (χ4v) is 2.19. The van der Waals surface area contributed by atoms with Gasteiger partial charge in [-0.25, -0.2) is 0 Å². The lowest BCUT2D eigenvalue weighted by molar-refractivity contribution is -0.878. The zero-order chi connectivity index (χ0) is 9.97. The van der Waals surface area contributed by atoms with Crippen molar-refractivity contribution in [3.05, 3.63) is 41.6 Å². The average Bonchev–Trinajstić information content (AvgIpc) is 2.23. The lowest BCUT2D eigenvalue weighted by atomic mass is 9.97. The Morgan fingerprint density at radius 2 is 2.00 bits per heavy atom. The number of quaternary nitrogens is 1. The van der Waals surface area contributed by atoms with E-state index in [0.717, 1.165) is 0 Å². The maximum absolute atomic E-state index is 2.31. The molecule has 1 aliphatic heterocycles. The van der Waals surface area contributed by atoms with E-state index in [1.807, 2.05) is 0 Å². The average molecular weight is 268 g/mol. The molecule has 0 bridgehead atoms. The smallest absolute Gasteiger partial charge is 0.115 e. The van der Waals surface area contributed by atoms with Crippen molar-refractivity contribution in [2.45, 2.75) is 26.3 Å². The molecule has 0 saturated heterocycles. The fraction of sp³-hybridized carbons (Fsp3) is 0.385. The van der Waals surface area contributed by atoms with Gasteiger partial charge in [0.1, 0.15) is 6.04 Å². The van der Waals surface area contributed by atoms with E-state index in [1.165, 1.54) is 24.1 Å². The highest BCUT2D eigenvalue weighted by atomic mass is 79.9. The van der Waals surface area contributed by atoms with Crippen molar-refractivity contribution in [1.82, 2.24) is 0 Å². The second kappa shape index (κ2) is 5.47. The fourth-order valence-electron chi connectivity index (χ4n) is 2.19. The van der Waals surface area contributed by atoms with E-state index < -0.39 is 0 Å². The van der Waals surface area contributed by atoms with Crippen molar-refractivity contribution >= 4 is 6.08 Å². The molecule has 1 N–H and O–H groups in total. The van der Waals surface area contributed by atoms with Crippen molar-refractivity contribution in [1.29, 1.82) is 0 Å². The van der Waals surface area contributed by atoms with Gasteiger partial charge in [0.05, 0.1) is 12.7 Å². The van der Waals surface area contributed by atoms with E-state index >= 15 is 0 Å². The minimum atomic E-state index is 0. The molecule has 0 aromatic heterocycles. The predicted molar refractivity (Wildman–Crippen MR) is 60.0 cm³/mol. The van der Waals surface area contributed by atoms with Gasteiger partial charge in [-0.05, 0) is 25.0 Å². The second-order valence-corrected chi connectivity index (χ2v) is 4.01. The minimum absolute atomic E-state index is 0. The van der Waals surface area contributed by atoms with E-state index in [9.17, 15) is 0 Å². The maximum atomic E-state index is 2.31. The van der Waals surface area contributed by atoms with Gasteiger partial charge in [0, 0.05) is 5.56 Å². The highest BCUT2D eigenvalue weighted by Crippen LogP contribution is 2.19. The number of hydrogen-bond acceptors (Lipinski definition) is 0. The van der Waals surface area contributed by atoms with E-state index in [1.54, 1.807) is 4.90 Å². The summed E-state index contributed by atoms with van der Waals surface area (Å²) < 4.78 is 0. The van der Waals surface area contributed by atoms with Gasteiger partial charge in [-0.1, -0.05) is 31.2 Å². The molecular formula is C13H18BrN. The summed E-state index contributed by atoms with van der Waals surface area (Å²) in [6.07, 6.45) is 5.79. The number of nitrogens with one attached hydrogen (secondary N) is 1. The maximum Gasteiger partial charge on any atom is 0.115 e. The lowest BCUT2D eigenvalue weighted by Gasteiger charge is -2.26. The van der Waals surface area contributed by atoms with Crippen molar-refractivity contribution < 1.29 is 21.9 Å². The number of rotatable bonds is 2. The molecule has 2 unspecified atom stereocenters. The molecule has 1 aliphatic rings. The summed E-state index contributed by atoms with van der Waals surface area (Å²) in [7, 11) is 0. The third kappa shape index (κ3) is 2.50. The standard InChI is InChI=1S/C13H17N.BrH/c1-3-9-14-10-8-12-6-4-5-7-13(12)11(14)2;/h4-8,10-11H,3,9H2,1-2H3;1H. The Morgan fingerprint density at radius 1 is 1.27 bits per heavy atom. The molecule has 0 saturated carbocycles. The monoisotopic (exact) mass is 267 g/mol. The van der Waals surface area contributed by atoms with Gasteiger partial charge in [-0.3, -0.25) is 0 Å². The molecule has 2 rings (SSSR count). The molecule has 1 aromatic rings. The van der Waals surface area contributed by atoms with Crippen LogP contribution in [0, 0.1) is 0 Å². The van der Waals surface area contributed by atoms with E-state index in [-0.39, 0.29) is 17.0 Å². The van der Waals surface area contributed by atoms with E-state index in [2.05, 4.69) is 50.4 Å². The van der Waals surface area contributed by atoms with Crippen LogP contribution in [0.25, 0.3) is 6.08 Å². The zero-order valence-electron chi connectivity index (χ0n) is 9.33. The van der Waals surface area contributed by atoms with Crippen molar-refractivity contribution in [3.8, 4) is 0 Å². The van der Waals surface area contributed by atoms with Gasteiger partial charge in [0.2, 0.25) is 0 Å². The summed E-state index contributed by atoms with van der Waals surface area (Å²) in [6.45, 7) is 5.79. The van der Waals surface area contributed by atoms with Crippen LogP contribution in [-0.2, 0) is 0 Å². The molecular weight excluding hydrogens is 250 g/mol. The summed E-state index contributed by atoms with van der Waals surface area (Å²) in [5, 5.41) is 0. The van der Waals surface area contributed by atoms with Crippen LogP contribution in [0.5, 0.6) is 0 Å². The molecule has 1 nitrogen and oxygen atoms in total. The van der Waals surface area contributed by atoms with Crippen LogP contribution in [0.2, 0.25) is 0 Å². The Hall–Kier alpha value is -0.600. The van der Waals surface area contributed by atoms with E-state index in [4.69, 9.17) is 0 Å². The van der Waals surface area contributed by atoms with Crippen LogP contribution in [-0.4, -0.2) is 6.54 Å². The summed E-state index contributed by atoms with van der Waals surface area (Å²) in [6, 6.07) is 9.30. The van der Waals surface area contributed by atoms with Crippen molar-refractivity contribution in [2.24, 2.45) is 0 Å². The highest BCUT2D eigenvalue weighted by molar-refractivity contribution is 5.54. The Labute approximate surface area is 103 Å². The first-order valence-corrected chi connectivity index (χ1v) is 5.45. The summed E-state index contributed by atoms with van der Waals surface area (Å²) in [5.41, 5.74) is 2.87. The number of benzene rings is 1. The van der Waals surface area contributed by atoms with Crippen LogP contribution in [0.1, 0.15) is 37.4 Å². The van der Waals surface area contributed by atoms with Gasteiger partial charge in [-0.2, -0.15) is 0 Å². The van der Waals surface area contributed by atoms with Crippen LogP contribution < -0.4 is 21.9 Å². The summed E-state index contributed by atoms with van der Waals surface area (Å²) in [5.74, 6) is 0. The number of fused-ring (bicyclic) bond motifs is 1. The first-order chi connectivity index (χ1) is 6.83. The molecule has 0 fully saturated rings. The second-order valence-electron chi connectivity index (χ2n) is 4.01. The highest BCUT2D eigenvalue weighted by Gasteiger charge is 2.22. The lowest BCUT2D eigenvalue weighted by Crippen LogP contribution is -3.07. The molecule has 1 heterocycles. The molecule has 2 heteroatoms. The molecule has 2 atom stereocenters. The van der Waals surface area contributed by atoms with Crippen LogP contribution in [0.3, 0.4) is 0 Å². The van der Waals surface area contributed by atoms with Crippen LogP contribution in [0.15, 0.2) is 30.5 Å². The predicted octanol–water partition coefficient (Wildman–Crippen LogP) is -0.969. The van der Waals surface area contributed by atoms with Crippen LogP contribution >= 0.6 is 0 Å². The van der Waals surface area contributed by atoms with Gasteiger partial charge in [0.15, 0.2) is 0 Å². The molecule has 0 aliphatic carbocycles. The number of hydrogen-bond donors (Lipinski definition) is 1. The molecule has 0 radical (unpaired) electrons. The van der Waals surface area contributed by atoms with Gasteiger partial charge in [0.25, 0.3) is 0 Å². The Morgan fingerprint density at radius 3 is 2.73 bits per heavy atom. The topological polar surface area (TPSA) is 4.44 Å².